The molecule has 1 amide bonds. The molecule has 0 fully saturated rings. The van der Waals surface area contributed by atoms with Crippen molar-refractivity contribution in [3.05, 3.63) is 0 Å². The lowest BCUT2D eigenvalue weighted by Gasteiger charge is -1.98. The Labute approximate surface area is 52.9 Å². The first-order valence-corrected chi connectivity index (χ1v) is 2.45. The number of carbonyl (C=O) groups excluding carboxylic acids is 1. The Kier molecular flexibility index (Phi) is 3.19. The van der Waals surface area contributed by atoms with Gasteiger partial charge >= 0.3 is 0 Å². The number of nitrogens with two attached hydrogens (primary N) is 1. The van der Waals surface area contributed by atoms with Gasteiger partial charge in [-0.3, -0.25) is 15.9 Å². The SMILES string of the molecule is [NH]C(=O)CCNC(=N)N. The van der Waals surface area contributed by atoms with Gasteiger partial charge in [-0.15, -0.1) is 0 Å². The lowest BCUT2D eigenvalue weighted by atomic mass is 10.4. The molecule has 0 bridgehead atoms. The van der Waals surface area contributed by atoms with E-state index in [0.717, 1.165) is 0 Å². The van der Waals surface area contributed by atoms with Crippen LogP contribution < -0.4 is 16.8 Å². The van der Waals surface area contributed by atoms with Crippen molar-refractivity contribution in [1.29, 1.82) is 5.41 Å². The molecule has 5 N–H and O–H groups in total. The lowest BCUT2D eigenvalue weighted by Crippen LogP contribution is -2.31. The van der Waals surface area contributed by atoms with Gasteiger partial charge in [0.15, 0.2) is 5.96 Å². The van der Waals surface area contributed by atoms with Gasteiger partial charge in [-0.2, -0.15) is 0 Å². The van der Waals surface area contributed by atoms with E-state index in [9.17, 15) is 4.79 Å². The number of guanidine groups is 1. The number of hydrogen-bond donors (Lipinski definition) is 3. The molecule has 0 aliphatic rings. The maximum atomic E-state index is 9.94. The van der Waals surface area contributed by atoms with Crippen molar-refractivity contribution in [1.82, 2.24) is 11.1 Å². The van der Waals surface area contributed by atoms with E-state index >= 15 is 0 Å². The van der Waals surface area contributed by atoms with E-state index in [4.69, 9.17) is 16.9 Å². The Balaban J connectivity index is 3.10. The summed E-state index contributed by atoms with van der Waals surface area (Å²) in [5.74, 6) is -0.819. The van der Waals surface area contributed by atoms with Crippen LogP contribution in [0.15, 0.2) is 0 Å². The van der Waals surface area contributed by atoms with Gasteiger partial charge in [0.05, 0.1) is 0 Å². The Morgan fingerprint density at radius 1 is 1.67 bits per heavy atom. The molecule has 0 aromatic heterocycles. The third-order valence-electron chi connectivity index (χ3n) is 0.668. The Bertz CT molecular complexity index is 108. The van der Waals surface area contributed by atoms with E-state index in [1.54, 1.807) is 0 Å². The zero-order chi connectivity index (χ0) is 7.28. The summed E-state index contributed by atoms with van der Waals surface area (Å²) in [6.45, 7) is 0.275. The smallest absolute Gasteiger partial charge is 0.240 e. The summed E-state index contributed by atoms with van der Waals surface area (Å²) in [7, 11) is 0. The third kappa shape index (κ3) is 6.74. The lowest BCUT2D eigenvalue weighted by molar-refractivity contribution is -0.118. The van der Waals surface area contributed by atoms with Crippen LogP contribution in [0.5, 0.6) is 0 Å². The summed E-state index contributed by atoms with van der Waals surface area (Å²) in [5, 5.41) is 9.03. The third-order valence-corrected chi connectivity index (χ3v) is 0.668. The van der Waals surface area contributed by atoms with Gasteiger partial charge in [-0.1, -0.05) is 0 Å². The van der Waals surface area contributed by atoms with Gasteiger partial charge in [-0.25, -0.2) is 0 Å². The molecule has 0 saturated carbocycles. The van der Waals surface area contributed by atoms with Crippen molar-refractivity contribution in [2.24, 2.45) is 5.73 Å². The largest absolute Gasteiger partial charge is 0.370 e. The highest BCUT2D eigenvalue weighted by molar-refractivity contribution is 5.76. The van der Waals surface area contributed by atoms with Crippen LogP contribution >= 0.6 is 0 Å². The molecular formula is C4H9N4O. The minimum Gasteiger partial charge on any atom is -0.370 e. The fourth-order valence-electron chi connectivity index (χ4n) is 0.311. The van der Waals surface area contributed by atoms with Gasteiger partial charge in [0.25, 0.3) is 0 Å². The van der Waals surface area contributed by atoms with Gasteiger partial charge in [0.1, 0.15) is 0 Å². The molecule has 0 aliphatic carbocycles. The molecule has 1 radical (unpaired) electrons. The molecule has 5 heteroatoms. The monoisotopic (exact) mass is 129 g/mol. The second-order valence-electron chi connectivity index (χ2n) is 1.51. The second-order valence-corrected chi connectivity index (χ2v) is 1.51. The van der Waals surface area contributed by atoms with Crippen LogP contribution in [0.4, 0.5) is 0 Å². The predicted molar refractivity (Wildman–Crippen MR) is 32.6 cm³/mol. The zero-order valence-corrected chi connectivity index (χ0v) is 4.90. The first-order chi connectivity index (χ1) is 4.13. The standard InChI is InChI=1S/C4H9N4O/c5-3(9)1-2-8-4(6)7/h5H,1-2H2,(H4,6,7,8). The summed E-state index contributed by atoms with van der Waals surface area (Å²) < 4.78 is 0. The molecule has 51 valence electrons. The van der Waals surface area contributed by atoms with Crippen molar-refractivity contribution in [3.63, 3.8) is 0 Å². The molecule has 9 heavy (non-hydrogen) atoms. The van der Waals surface area contributed by atoms with Crippen LogP contribution in [-0.2, 0) is 4.79 Å². The maximum Gasteiger partial charge on any atom is 0.240 e. The first kappa shape index (κ1) is 7.74. The molecule has 0 atom stereocenters. The maximum absolute atomic E-state index is 9.94. The van der Waals surface area contributed by atoms with Crippen LogP contribution in [0, 0.1) is 5.41 Å². The predicted octanol–water partition coefficient (Wildman–Crippen LogP) is -1.33. The van der Waals surface area contributed by atoms with Crippen LogP contribution in [0.2, 0.25) is 0 Å². The van der Waals surface area contributed by atoms with Crippen molar-refractivity contribution in [3.8, 4) is 0 Å². The van der Waals surface area contributed by atoms with Crippen molar-refractivity contribution >= 4 is 11.9 Å². The van der Waals surface area contributed by atoms with Crippen LogP contribution in [0.25, 0.3) is 0 Å². The van der Waals surface area contributed by atoms with Gasteiger partial charge in [0.2, 0.25) is 5.91 Å². The molecule has 0 aromatic carbocycles. The summed E-state index contributed by atoms with van der Waals surface area (Å²) in [6, 6.07) is 0. The second kappa shape index (κ2) is 3.71. The fourth-order valence-corrected chi connectivity index (χ4v) is 0.311. The van der Waals surface area contributed by atoms with E-state index in [1.165, 1.54) is 0 Å². The number of nitrogens with one attached hydrogen (secondary N) is 3. The normalized spacial score (nSPS) is 8.44. The van der Waals surface area contributed by atoms with Crippen molar-refractivity contribution < 1.29 is 4.79 Å². The van der Waals surface area contributed by atoms with Crippen LogP contribution in [0.1, 0.15) is 6.42 Å². The van der Waals surface area contributed by atoms with Gasteiger partial charge in [0, 0.05) is 13.0 Å². The molecule has 0 spiro atoms. The highest BCUT2D eigenvalue weighted by Crippen LogP contribution is 1.71. The van der Waals surface area contributed by atoms with Crippen molar-refractivity contribution in [2.45, 2.75) is 6.42 Å². The minimum absolute atomic E-state index is 0.0968. The van der Waals surface area contributed by atoms with Crippen molar-refractivity contribution in [2.75, 3.05) is 6.54 Å². The van der Waals surface area contributed by atoms with Crippen LogP contribution in [0.3, 0.4) is 0 Å². The number of carbonyl (C=O) groups is 1. The summed E-state index contributed by atoms with van der Waals surface area (Å²) in [5.41, 5.74) is 11.3. The molecule has 0 unspecified atom stereocenters. The first-order valence-electron chi connectivity index (χ1n) is 2.45. The van der Waals surface area contributed by atoms with Gasteiger partial charge < -0.3 is 11.1 Å². The van der Waals surface area contributed by atoms with Crippen LogP contribution in [-0.4, -0.2) is 18.4 Å². The molecule has 5 nitrogen and oxygen atoms in total. The Morgan fingerprint density at radius 3 is 2.56 bits per heavy atom. The number of amides is 1. The molecule has 0 saturated heterocycles. The summed E-state index contributed by atoms with van der Waals surface area (Å²) >= 11 is 0. The molecular weight excluding hydrogens is 120 g/mol. The average Bonchev–Trinajstić information content (AvgIpc) is 1.63. The Morgan fingerprint density at radius 2 is 2.22 bits per heavy atom. The Hall–Kier alpha value is -1.26. The highest BCUT2D eigenvalue weighted by atomic mass is 16.1. The molecule has 0 aromatic rings. The zero-order valence-electron chi connectivity index (χ0n) is 4.90. The fraction of sp³-hybridized carbons (Fsp3) is 0.500. The number of hydrogen-bond acceptors (Lipinski definition) is 2. The van der Waals surface area contributed by atoms with E-state index in [1.807, 2.05) is 0 Å². The molecule has 0 heterocycles. The topological polar surface area (TPSA) is 103 Å². The van der Waals surface area contributed by atoms with Gasteiger partial charge in [-0.05, 0) is 0 Å². The average molecular weight is 129 g/mol. The molecule has 0 rings (SSSR count). The van der Waals surface area contributed by atoms with E-state index < -0.39 is 5.91 Å². The highest BCUT2D eigenvalue weighted by Gasteiger charge is 1.92. The summed E-state index contributed by atoms with van der Waals surface area (Å²) in [4.78, 5) is 9.94. The quantitative estimate of drug-likeness (QED) is 0.325. The number of rotatable bonds is 3. The molecule has 0 aliphatic heterocycles. The minimum atomic E-state index is -0.649. The van der Waals surface area contributed by atoms with E-state index in [-0.39, 0.29) is 18.9 Å². The summed E-state index contributed by atoms with van der Waals surface area (Å²) in [6.07, 6.45) is 0.0968. The van der Waals surface area contributed by atoms with E-state index in [0.29, 0.717) is 0 Å². The van der Waals surface area contributed by atoms with E-state index in [2.05, 4.69) is 5.32 Å².